The normalized spacial score (nSPS) is 12.5. The summed E-state index contributed by atoms with van der Waals surface area (Å²) in [6.07, 6.45) is 6.35. The van der Waals surface area contributed by atoms with E-state index in [0.717, 1.165) is 30.3 Å². The molecule has 0 rings (SSSR count). The Kier molecular flexibility index (Phi) is 7.24. The average molecular weight is 210 g/mol. The van der Waals surface area contributed by atoms with Crippen LogP contribution in [0.5, 0.6) is 0 Å². The highest BCUT2D eigenvalue weighted by molar-refractivity contribution is 5.71. The number of esters is 1. The maximum Gasteiger partial charge on any atom is 0.302 e. The molecular weight excluding hydrogens is 192 g/mol. The Hall–Kier alpha value is -1.38. The third kappa shape index (κ3) is 8.94. The summed E-state index contributed by atoms with van der Waals surface area (Å²) in [5.41, 5.74) is 1.91. The Balaban J connectivity index is 3.77. The van der Waals surface area contributed by atoms with E-state index in [0.29, 0.717) is 6.61 Å². The third-order valence-electron chi connectivity index (χ3n) is 1.91. The van der Waals surface area contributed by atoms with E-state index in [1.54, 1.807) is 6.92 Å². The van der Waals surface area contributed by atoms with Crippen LogP contribution in [-0.2, 0) is 14.3 Å². The van der Waals surface area contributed by atoms with E-state index in [9.17, 15) is 9.59 Å². The Morgan fingerprint density at radius 2 is 1.87 bits per heavy atom. The maximum absolute atomic E-state index is 10.5. The Morgan fingerprint density at radius 1 is 1.20 bits per heavy atom. The molecule has 3 nitrogen and oxygen atoms in total. The number of hydrogen-bond donors (Lipinski definition) is 0. The van der Waals surface area contributed by atoms with Crippen molar-refractivity contribution in [2.75, 3.05) is 6.61 Å². The lowest BCUT2D eigenvalue weighted by atomic mass is 10.1. The zero-order valence-electron chi connectivity index (χ0n) is 9.58. The van der Waals surface area contributed by atoms with E-state index >= 15 is 0 Å². The van der Waals surface area contributed by atoms with Gasteiger partial charge in [0, 0.05) is 6.92 Å². The Morgan fingerprint density at radius 3 is 2.40 bits per heavy atom. The summed E-state index contributed by atoms with van der Waals surface area (Å²) < 4.78 is 4.77. The molecule has 0 bridgehead atoms. The number of carbonyl (C=O) groups is 2. The van der Waals surface area contributed by atoms with E-state index in [1.165, 1.54) is 6.92 Å². The summed E-state index contributed by atoms with van der Waals surface area (Å²) >= 11 is 0. The molecule has 0 unspecified atom stereocenters. The highest BCUT2D eigenvalue weighted by Gasteiger charge is 1.92. The second kappa shape index (κ2) is 7.97. The van der Waals surface area contributed by atoms with Gasteiger partial charge in [0.2, 0.25) is 0 Å². The first-order valence-corrected chi connectivity index (χ1v) is 4.97. The topological polar surface area (TPSA) is 43.4 Å². The number of allylic oxidation sites excluding steroid dienone is 3. The second-order valence-corrected chi connectivity index (χ2v) is 3.46. The van der Waals surface area contributed by atoms with Gasteiger partial charge in [-0.25, -0.2) is 0 Å². The van der Waals surface area contributed by atoms with E-state index in [4.69, 9.17) is 4.74 Å². The quantitative estimate of drug-likeness (QED) is 0.292. The minimum absolute atomic E-state index is 0.268. The summed E-state index contributed by atoms with van der Waals surface area (Å²) in [6.45, 7) is 5.48. The number of carbonyl (C=O) groups excluding carboxylic acids is 2. The fraction of sp³-hybridized carbons (Fsp3) is 0.500. The largest absolute Gasteiger partial charge is 0.462 e. The van der Waals surface area contributed by atoms with Gasteiger partial charge in [0.25, 0.3) is 0 Å². The lowest BCUT2D eigenvalue weighted by Gasteiger charge is -1.99. The molecule has 0 aromatic rings. The molecule has 0 heterocycles. The van der Waals surface area contributed by atoms with Crippen LogP contribution in [0.15, 0.2) is 23.3 Å². The van der Waals surface area contributed by atoms with E-state index in [-0.39, 0.29) is 5.97 Å². The predicted molar refractivity (Wildman–Crippen MR) is 59.4 cm³/mol. The molecule has 0 fully saturated rings. The minimum atomic E-state index is -0.268. The number of ether oxygens (including phenoxy) is 1. The molecule has 0 radical (unpaired) electrons. The van der Waals surface area contributed by atoms with E-state index in [1.807, 2.05) is 19.1 Å². The first-order valence-electron chi connectivity index (χ1n) is 4.97. The van der Waals surface area contributed by atoms with Crippen molar-refractivity contribution in [3.05, 3.63) is 23.3 Å². The van der Waals surface area contributed by atoms with Gasteiger partial charge >= 0.3 is 5.97 Å². The third-order valence-corrected chi connectivity index (χ3v) is 1.91. The van der Waals surface area contributed by atoms with Crippen molar-refractivity contribution in [3.63, 3.8) is 0 Å². The number of hydrogen-bond acceptors (Lipinski definition) is 3. The van der Waals surface area contributed by atoms with Gasteiger partial charge in [-0.1, -0.05) is 11.6 Å². The molecular formula is C12H18O3. The molecule has 0 aliphatic rings. The van der Waals surface area contributed by atoms with Crippen molar-refractivity contribution >= 4 is 12.3 Å². The monoisotopic (exact) mass is 210 g/mol. The van der Waals surface area contributed by atoms with Crippen molar-refractivity contribution < 1.29 is 14.3 Å². The first kappa shape index (κ1) is 13.6. The van der Waals surface area contributed by atoms with Crippen molar-refractivity contribution in [2.45, 2.75) is 33.6 Å². The van der Waals surface area contributed by atoms with Crippen LogP contribution in [0.3, 0.4) is 0 Å². The zero-order chi connectivity index (χ0) is 11.7. The van der Waals surface area contributed by atoms with E-state index < -0.39 is 0 Å². The number of rotatable bonds is 6. The molecule has 84 valence electrons. The average Bonchev–Trinajstić information content (AvgIpc) is 2.17. The van der Waals surface area contributed by atoms with Gasteiger partial charge in [0.15, 0.2) is 0 Å². The molecule has 0 N–H and O–H groups in total. The second-order valence-electron chi connectivity index (χ2n) is 3.46. The van der Waals surface area contributed by atoms with Gasteiger partial charge < -0.3 is 4.74 Å². The zero-order valence-corrected chi connectivity index (χ0v) is 9.58. The molecule has 0 amide bonds. The van der Waals surface area contributed by atoms with Gasteiger partial charge in [-0.15, -0.1) is 0 Å². The molecule has 0 aromatic carbocycles. The van der Waals surface area contributed by atoms with Crippen molar-refractivity contribution in [2.24, 2.45) is 0 Å². The molecule has 0 aliphatic carbocycles. The number of aldehydes is 1. The Bertz CT molecular complexity index is 275. The lowest BCUT2D eigenvalue weighted by Crippen LogP contribution is -1.98. The summed E-state index contributed by atoms with van der Waals surface area (Å²) in [5.74, 6) is -0.268. The van der Waals surface area contributed by atoms with Gasteiger partial charge in [-0.2, -0.15) is 0 Å². The minimum Gasteiger partial charge on any atom is -0.462 e. The molecule has 0 spiro atoms. The predicted octanol–water partition coefficient (Wildman–Crippen LogP) is 2.42. The standard InChI is InChI=1S/C12H18O3/c1-10(7-8-15-12(3)14)5-4-6-11(2)9-13/h6-7,9H,4-5,8H2,1-3H3. The van der Waals surface area contributed by atoms with Crippen LogP contribution in [0.4, 0.5) is 0 Å². The van der Waals surface area contributed by atoms with Crippen molar-refractivity contribution in [1.29, 1.82) is 0 Å². The molecule has 3 heteroatoms. The maximum atomic E-state index is 10.5. The van der Waals surface area contributed by atoms with Gasteiger partial charge in [0.05, 0.1) is 0 Å². The van der Waals surface area contributed by atoms with Crippen molar-refractivity contribution in [3.8, 4) is 0 Å². The van der Waals surface area contributed by atoms with Crippen LogP contribution in [0.1, 0.15) is 33.6 Å². The Labute approximate surface area is 90.8 Å². The molecule has 0 aliphatic heterocycles. The SMILES string of the molecule is CC(=O)OCC=C(C)CCC=C(C)C=O. The van der Waals surface area contributed by atoms with Crippen LogP contribution in [0, 0.1) is 0 Å². The highest BCUT2D eigenvalue weighted by Crippen LogP contribution is 2.05. The lowest BCUT2D eigenvalue weighted by molar-refractivity contribution is -0.139. The van der Waals surface area contributed by atoms with Crippen LogP contribution < -0.4 is 0 Å². The fourth-order valence-electron chi connectivity index (χ4n) is 0.979. The van der Waals surface area contributed by atoms with Crippen LogP contribution in [0.2, 0.25) is 0 Å². The molecule has 0 aromatic heterocycles. The van der Waals surface area contributed by atoms with E-state index in [2.05, 4.69) is 0 Å². The molecule has 0 saturated heterocycles. The fourth-order valence-corrected chi connectivity index (χ4v) is 0.979. The summed E-state index contributed by atoms with van der Waals surface area (Å²) in [4.78, 5) is 20.8. The summed E-state index contributed by atoms with van der Waals surface area (Å²) in [6, 6.07) is 0. The molecule has 0 saturated carbocycles. The molecule has 15 heavy (non-hydrogen) atoms. The smallest absolute Gasteiger partial charge is 0.302 e. The van der Waals surface area contributed by atoms with Gasteiger partial charge in [0.1, 0.15) is 12.9 Å². The summed E-state index contributed by atoms with van der Waals surface area (Å²) in [7, 11) is 0. The van der Waals surface area contributed by atoms with Crippen LogP contribution >= 0.6 is 0 Å². The molecule has 0 atom stereocenters. The van der Waals surface area contributed by atoms with Crippen LogP contribution in [-0.4, -0.2) is 18.9 Å². The summed E-state index contributed by atoms with van der Waals surface area (Å²) in [5, 5.41) is 0. The van der Waals surface area contributed by atoms with Crippen molar-refractivity contribution in [1.82, 2.24) is 0 Å². The van der Waals surface area contributed by atoms with Gasteiger partial charge in [-0.3, -0.25) is 9.59 Å². The first-order chi connectivity index (χ1) is 7.06. The van der Waals surface area contributed by atoms with Crippen LogP contribution in [0.25, 0.3) is 0 Å². The van der Waals surface area contributed by atoms with Gasteiger partial charge in [-0.05, 0) is 38.3 Å². The highest BCUT2D eigenvalue weighted by atomic mass is 16.5.